The molecular weight excluding hydrogens is 275 g/mol. The van der Waals surface area contributed by atoms with E-state index in [-0.39, 0.29) is 12.5 Å². The summed E-state index contributed by atoms with van der Waals surface area (Å²) in [4.78, 5) is 13.7. The number of morpholine rings is 1. The number of nitrogens with one attached hydrogen (secondary N) is 1. The van der Waals surface area contributed by atoms with Crippen LogP contribution in [-0.2, 0) is 15.2 Å². The van der Waals surface area contributed by atoms with Gasteiger partial charge < -0.3 is 9.64 Å². The van der Waals surface area contributed by atoms with Gasteiger partial charge in [0.05, 0.1) is 6.61 Å². The Morgan fingerprint density at radius 2 is 2.22 bits per heavy atom. The van der Waals surface area contributed by atoms with Crippen molar-refractivity contribution in [2.24, 2.45) is 0 Å². The average molecular weight is 287 g/mol. The molecular formula is C12H12Cl2N2O2. The molecule has 0 aromatic heterocycles. The number of benzene rings is 1. The van der Waals surface area contributed by atoms with Crippen LogP contribution in [0.25, 0.3) is 0 Å². The summed E-state index contributed by atoms with van der Waals surface area (Å²) >= 11 is 12.2. The van der Waals surface area contributed by atoms with E-state index in [0.29, 0.717) is 23.2 Å². The van der Waals surface area contributed by atoms with Crippen LogP contribution in [0.3, 0.4) is 0 Å². The predicted octanol–water partition coefficient (Wildman–Crippen LogP) is 1.61. The van der Waals surface area contributed by atoms with Gasteiger partial charge in [-0.15, -0.1) is 0 Å². The first-order valence-electron chi connectivity index (χ1n) is 5.72. The summed E-state index contributed by atoms with van der Waals surface area (Å²) in [6.45, 7) is 1.93. The van der Waals surface area contributed by atoms with Crippen LogP contribution < -0.4 is 5.32 Å². The van der Waals surface area contributed by atoms with Gasteiger partial charge in [-0.2, -0.15) is 0 Å². The summed E-state index contributed by atoms with van der Waals surface area (Å²) in [5, 5.41) is 4.45. The van der Waals surface area contributed by atoms with Gasteiger partial charge in [0, 0.05) is 28.7 Å². The Morgan fingerprint density at radius 1 is 1.39 bits per heavy atom. The number of hydrogen-bond donors (Lipinski definition) is 1. The minimum atomic E-state index is -0.642. The summed E-state index contributed by atoms with van der Waals surface area (Å²) in [5.74, 6) is -0.0164. The quantitative estimate of drug-likeness (QED) is 0.853. The lowest BCUT2D eigenvalue weighted by molar-refractivity contribution is -0.156. The van der Waals surface area contributed by atoms with E-state index in [2.05, 4.69) is 5.32 Å². The van der Waals surface area contributed by atoms with Crippen molar-refractivity contribution < 1.29 is 9.53 Å². The molecule has 0 aliphatic carbocycles. The third kappa shape index (κ3) is 1.72. The minimum absolute atomic E-state index is 0.0164. The zero-order chi connectivity index (χ0) is 12.8. The molecule has 2 saturated heterocycles. The van der Waals surface area contributed by atoms with Crippen molar-refractivity contribution in [3.63, 3.8) is 0 Å². The molecule has 0 spiro atoms. The first-order chi connectivity index (χ1) is 8.63. The molecule has 0 radical (unpaired) electrons. The molecule has 6 heteroatoms. The number of ether oxygens (including phenoxy) is 1. The Hall–Kier alpha value is -0.810. The summed E-state index contributed by atoms with van der Waals surface area (Å²) in [5.41, 5.74) is 0.191. The molecule has 1 N–H and O–H groups in total. The van der Waals surface area contributed by atoms with Crippen LogP contribution in [-0.4, -0.2) is 37.1 Å². The highest BCUT2D eigenvalue weighted by Crippen LogP contribution is 2.37. The molecule has 1 aromatic rings. The number of halogens is 2. The van der Waals surface area contributed by atoms with Crippen LogP contribution in [0.5, 0.6) is 0 Å². The van der Waals surface area contributed by atoms with Crippen molar-refractivity contribution in [3.8, 4) is 0 Å². The van der Waals surface area contributed by atoms with E-state index in [1.165, 1.54) is 0 Å². The fourth-order valence-corrected chi connectivity index (χ4v) is 3.20. The van der Waals surface area contributed by atoms with Gasteiger partial charge in [-0.3, -0.25) is 10.1 Å². The van der Waals surface area contributed by atoms with Crippen LogP contribution >= 0.6 is 23.2 Å². The monoisotopic (exact) mass is 286 g/mol. The van der Waals surface area contributed by atoms with Gasteiger partial charge in [0.25, 0.3) is 0 Å². The van der Waals surface area contributed by atoms with Crippen LogP contribution in [0.2, 0.25) is 10.0 Å². The first kappa shape index (κ1) is 12.2. The smallest absolute Gasteiger partial charge is 0.250 e. The standard InChI is InChI=1S/C12H12Cl2N2O2/c13-8-1-2-9(10(14)5-8)12-7-18-6-11(17)16(12)4-3-15-12/h1-2,5,15H,3-4,6-7H2. The second kappa shape index (κ2) is 4.38. The van der Waals surface area contributed by atoms with Crippen molar-refractivity contribution in [2.75, 3.05) is 26.3 Å². The van der Waals surface area contributed by atoms with Gasteiger partial charge in [0.2, 0.25) is 5.91 Å². The van der Waals surface area contributed by atoms with Crippen molar-refractivity contribution in [1.82, 2.24) is 10.2 Å². The summed E-state index contributed by atoms with van der Waals surface area (Å²) in [7, 11) is 0. The lowest BCUT2D eigenvalue weighted by atomic mass is 9.98. The summed E-state index contributed by atoms with van der Waals surface area (Å²) in [6.07, 6.45) is 0. The predicted molar refractivity (Wildman–Crippen MR) is 68.7 cm³/mol. The Bertz CT molecular complexity index is 509. The largest absolute Gasteiger partial charge is 0.367 e. The zero-order valence-electron chi connectivity index (χ0n) is 9.58. The van der Waals surface area contributed by atoms with E-state index in [9.17, 15) is 4.79 Å². The van der Waals surface area contributed by atoms with E-state index in [1.807, 2.05) is 6.07 Å². The fourth-order valence-electron chi connectivity index (χ4n) is 2.63. The summed E-state index contributed by atoms with van der Waals surface area (Å²) < 4.78 is 5.39. The number of carbonyl (C=O) groups excluding carboxylic acids is 1. The molecule has 2 heterocycles. The van der Waals surface area contributed by atoms with Crippen molar-refractivity contribution in [3.05, 3.63) is 33.8 Å². The third-order valence-corrected chi connectivity index (χ3v) is 3.98. The molecule has 2 fully saturated rings. The lowest BCUT2D eigenvalue weighted by Gasteiger charge is -2.42. The van der Waals surface area contributed by atoms with Crippen LogP contribution in [0, 0.1) is 0 Å². The zero-order valence-corrected chi connectivity index (χ0v) is 11.1. The molecule has 0 saturated carbocycles. The Balaban J connectivity index is 2.09. The van der Waals surface area contributed by atoms with Gasteiger partial charge in [0.15, 0.2) is 0 Å². The molecule has 96 valence electrons. The SMILES string of the molecule is O=C1COCC2(c3ccc(Cl)cc3Cl)NCCN12. The van der Waals surface area contributed by atoms with Gasteiger partial charge in [-0.05, 0) is 12.1 Å². The van der Waals surface area contributed by atoms with Crippen LogP contribution in [0.4, 0.5) is 0 Å². The molecule has 1 unspecified atom stereocenters. The second-order valence-electron chi connectivity index (χ2n) is 4.45. The number of rotatable bonds is 1. The van der Waals surface area contributed by atoms with E-state index in [4.69, 9.17) is 27.9 Å². The van der Waals surface area contributed by atoms with Gasteiger partial charge >= 0.3 is 0 Å². The highest BCUT2D eigenvalue weighted by atomic mass is 35.5. The Labute approximate surface area is 115 Å². The molecule has 1 aromatic carbocycles. The topological polar surface area (TPSA) is 41.6 Å². The maximum absolute atomic E-state index is 11.9. The maximum atomic E-state index is 11.9. The fraction of sp³-hybridized carbons (Fsp3) is 0.417. The molecule has 4 nitrogen and oxygen atoms in total. The molecule has 2 aliphatic heterocycles. The molecule has 3 rings (SSSR count). The van der Waals surface area contributed by atoms with Gasteiger partial charge in [-0.25, -0.2) is 0 Å². The van der Waals surface area contributed by atoms with E-state index in [0.717, 1.165) is 12.1 Å². The van der Waals surface area contributed by atoms with E-state index in [1.54, 1.807) is 17.0 Å². The van der Waals surface area contributed by atoms with Crippen molar-refractivity contribution in [1.29, 1.82) is 0 Å². The molecule has 18 heavy (non-hydrogen) atoms. The first-order valence-corrected chi connectivity index (χ1v) is 6.48. The van der Waals surface area contributed by atoms with Crippen molar-refractivity contribution >= 4 is 29.1 Å². The number of fused-ring (bicyclic) bond motifs is 1. The minimum Gasteiger partial charge on any atom is -0.367 e. The normalized spacial score (nSPS) is 27.4. The number of nitrogens with zero attached hydrogens (tertiary/aromatic N) is 1. The number of amides is 1. The van der Waals surface area contributed by atoms with Crippen LogP contribution in [0.15, 0.2) is 18.2 Å². The third-order valence-electron chi connectivity index (χ3n) is 3.43. The molecule has 1 amide bonds. The number of hydrogen-bond acceptors (Lipinski definition) is 3. The molecule has 0 bridgehead atoms. The second-order valence-corrected chi connectivity index (χ2v) is 5.29. The Morgan fingerprint density at radius 3 is 3.00 bits per heavy atom. The van der Waals surface area contributed by atoms with Gasteiger partial charge in [-0.1, -0.05) is 29.3 Å². The Kier molecular flexibility index (Phi) is 2.98. The van der Waals surface area contributed by atoms with E-state index < -0.39 is 5.66 Å². The van der Waals surface area contributed by atoms with Crippen molar-refractivity contribution in [2.45, 2.75) is 5.66 Å². The highest BCUT2D eigenvalue weighted by Gasteiger charge is 2.48. The highest BCUT2D eigenvalue weighted by molar-refractivity contribution is 6.35. The molecule has 2 aliphatic rings. The maximum Gasteiger partial charge on any atom is 0.250 e. The lowest BCUT2D eigenvalue weighted by Crippen LogP contribution is -2.58. The van der Waals surface area contributed by atoms with E-state index >= 15 is 0 Å². The summed E-state index contributed by atoms with van der Waals surface area (Å²) in [6, 6.07) is 5.30. The van der Waals surface area contributed by atoms with Crippen LogP contribution in [0.1, 0.15) is 5.56 Å². The van der Waals surface area contributed by atoms with Gasteiger partial charge in [0.1, 0.15) is 12.3 Å². The average Bonchev–Trinajstić information content (AvgIpc) is 2.75. The molecule has 1 atom stereocenters. The number of carbonyl (C=O) groups is 1.